The summed E-state index contributed by atoms with van der Waals surface area (Å²) in [5.41, 5.74) is 2.62. The third-order valence-electron chi connectivity index (χ3n) is 4.20. The standard InChI is InChI=1S/C17H27ClN2O/c1-14-4-3-9-20(10-7-14)17-12-16(18)6-5-15(17)13-19-8-11-21-2/h5-6,12,14,19H,3-4,7-11,13H2,1-2H3. The topological polar surface area (TPSA) is 24.5 Å². The van der Waals surface area contributed by atoms with Gasteiger partial charge in [-0.25, -0.2) is 0 Å². The second kappa shape index (κ2) is 8.62. The van der Waals surface area contributed by atoms with E-state index in [2.05, 4.69) is 29.3 Å². The third kappa shape index (κ3) is 5.17. The van der Waals surface area contributed by atoms with E-state index in [1.807, 2.05) is 6.07 Å². The lowest BCUT2D eigenvalue weighted by atomic mass is 10.0. The van der Waals surface area contributed by atoms with Crippen LogP contribution in [0.3, 0.4) is 0 Å². The predicted molar refractivity (Wildman–Crippen MR) is 90.3 cm³/mol. The van der Waals surface area contributed by atoms with Gasteiger partial charge in [0.1, 0.15) is 0 Å². The minimum Gasteiger partial charge on any atom is -0.383 e. The molecular weight excluding hydrogens is 284 g/mol. The van der Waals surface area contributed by atoms with Crippen LogP contribution in [0, 0.1) is 5.92 Å². The highest BCUT2D eigenvalue weighted by molar-refractivity contribution is 6.30. The van der Waals surface area contributed by atoms with Gasteiger partial charge in [0.2, 0.25) is 0 Å². The maximum absolute atomic E-state index is 6.22. The number of methoxy groups -OCH3 is 1. The van der Waals surface area contributed by atoms with Gasteiger partial charge >= 0.3 is 0 Å². The Morgan fingerprint density at radius 2 is 2.19 bits per heavy atom. The van der Waals surface area contributed by atoms with E-state index in [1.54, 1.807) is 7.11 Å². The first-order valence-corrected chi connectivity index (χ1v) is 8.31. The van der Waals surface area contributed by atoms with Gasteiger partial charge in [-0.1, -0.05) is 24.6 Å². The molecule has 0 aliphatic carbocycles. The van der Waals surface area contributed by atoms with Gasteiger partial charge in [0.25, 0.3) is 0 Å². The summed E-state index contributed by atoms with van der Waals surface area (Å²) >= 11 is 6.22. The van der Waals surface area contributed by atoms with Crippen LogP contribution in [0.5, 0.6) is 0 Å². The van der Waals surface area contributed by atoms with Crippen LogP contribution >= 0.6 is 11.6 Å². The minimum absolute atomic E-state index is 0.740. The molecule has 1 fully saturated rings. The third-order valence-corrected chi connectivity index (χ3v) is 4.44. The number of rotatable bonds is 6. The molecule has 0 amide bonds. The lowest BCUT2D eigenvalue weighted by molar-refractivity contribution is 0.199. The monoisotopic (exact) mass is 310 g/mol. The molecule has 1 aliphatic rings. The first-order valence-electron chi connectivity index (χ1n) is 7.93. The highest BCUT2D eigenvalue weighted by atomic mass is 35.5. The van der Waals surface area contributed by atoms with Crippen molar-refractivity contribution >= 4 is 17.3 Å². The van der Waals surface area contributed by atoms with Crippen molar-refractivity contribution in [2.24, 2.45) is 5.92 Å². The van der Waals surface area contributed by atoms with Crippen LogP contribution in [0.4, 0.5) is 5.69 Å². The average molecular weight is 311 g/mol. The first-order chi connectivity index (χ1) is 10.2. The second-order valence-electron chi connectivity index (χ2n) is 5.97. The molecule has 1 unspecified atom stereocenters. The zero-order valence-electron chi connectivity index (χ0n) is 13.2. The van der Waals surface area contributed by atoms with Crippen LogP contribution in [-0.2, 0) is 11.3 Å². The molecule has 1 N–H and O–H groups in total. The summed E-state index contributed by atoms with van der Waals surface area (Å²) in [5, 5.41) is 4.25. The molecule has 0 aromatic heterocycles. The molecule has 21 heavy (non-hydrogen) atoms. The maximum atomic E-state index is 6.22. The SMILES string of the molecule is COCCNCc1ccc(Cl)cc1N1CCCC(C)CC1. The minimum atomic E-state index is 0.740. The summed E-state index contributed by atoms with van der Waals surface area (Å²) in [4.78, 5) is 2.50. The Balaban J connectivity index is 2.06. The largest absolute Gasteiger partial charge is 0.383 e. The van der Waals surface area contributed by atoms with E-state index in [-0.39, 0.29) is 0 Å². The van der Waals surface area contributed by atoms with E-state index >= 15 is 0 Å². The molecule has 0 radical (unpaired) electrons. The Labute approximate surface area is 133 Å². The molecule has 118 valence electrons. The summed E-state index contributed by atoms with van der Waals surface area (Å²) in [5.74, 6) is 0.831. The van der Waals surface area contributed by atoms with Crippen molar-refractivity contribution in [3.05, 3.63) is 28.8 Å². The Morgan fingerprint density at radius 3 is 3.00 bits per heavy atom. The molecule has 1 saturated heterocycles. The number of nitrogens with zero attached hydrogens (tertiary/aromatic N) is 1. The fraction of sp³-hybridized carbons (Fsp3) is 0.647. The lowest BCUT2D eigenvalue weighted by Crippen LogP contribution is -2.27. The fourth-order valence-corrected chi connectivity index (χ4v) is 3.05. The molecular formula is C17H27ClN2O. The van der Waals surface area contributed by atoms with E-state index in [9.17, 15) is 0 Å². The van der Waals surface area contributed by atoms with Gasteiger partial charge < -0.3 is 15.0 Å². The van der Waals surface area contributed by atoms with Crippen LogP contribution in [-0.4, -0.2) is 33.4 Å². The highest BCUT2D eigenvalue weighted by Gasteiger charge is 2.16. The van der Waals surface area contributed by atoms with E-state index in [0.717, 1.165) is 43.7 Å². The number of nitrogens with one attached hydrogen (secondary N) is 1. The Hall–Kier alpha value is -0.770. The molecule has 0 saturated carbocycles. The molecule has 1 heterocycles. The smallest absolute Gasteiger partial charge is 0.0587 e. The second-order valence-corrected chi connectivity index (χ2v) is 6.40. The van der Waals surface area contributed by atoms with Crippen LogP contribution in [0.25, 0.3) is 0 Å². The molecule has 0 bridgehead atoms. The van der Waals surface area contributed by atoms with Gasteiger partial charge in [0.15, 0.2) is 0 Å². The van der Waals surface area contributed by atoms with Crippen LogP contribution < -0.4 is 10.2 Å². The molecule has 1 atom stereocenters. The Bertz CT molecular complexity index is 439. The predicted octanol–water partition coefficient (Wildman–Crippen LogP) is 3.70. The van der Waals surface area contributed by atoms with Crippen LogP contribution in [0.2, 0.25) is 5.02 Å². The highest BCUT2D eigenvalue weighted by Crippen LogP contribution is 2.28. The summed E-state index contributed by atoms with van der Waals surface area (Å²) in [6, 6.07) is 6.25. The Morgan fingerprint density at radius 1 is 1.33 bits per heavy atom. The lowest BCUT2D eigenvalue weighted by Gasteiger charge is -2.26. The van der Waals surface area contributed by atoms with Gasteiger partial charge in [-0.3, -0.25) is 0 Å². The quantitative estimate of drug-likeness (QED) is 0.811. The summed E-state index contributed by atoms with van der Waals surface area (Å²) < 4.78 is 5.08. The van der Waals surface area contributed by atoms with Crippen molar-refractivity contribution in [1.29, 1.82) is 0 Å². The van der Waals surface area contributed by atoms with Gasteiger partial charge in [0, 0.05) is 44.0 Å². The van der Waals surface area contributed by atoms with E-state index < -0.39 is 0 Å². The van der Waals surface area contributed by atoms with Crippen LogP contribution in [0.15, 0.2) is 18.2 Å². The van der Waals surface area contributed by atoms with E-state index in [0.29, 0.717) is 0 Å². The summed E-state index contributed by atoms with van der Waals surface area (Å²) in [6.07, 6.45) is 3.87. The number of anilines is 1. The van der Waals surface area contributed by atoms with Crippen molar-refractivity contribution in [1.82, 2.24) is 5.32 Å². The number of benzene rings is 1. The zero-order valence-corrected chi connectivity index (χ0v) is 14.0. The molecule has 3 nitrogen and oxygen atoms in total. The van der Waals surface area contributed by atoms with E-state index in [4.69, 9.17) is 16.3 Å². The van der Waals surface area contributed by atoms with E-state index in [1.165, 1.54) is 30.5 Å². The van der Waals surface area contributed by atoms with Crippen molar-refractivity contribution in [3.8, 4) is 0 Å². The van der Waals surface area contributed by atoms with Gasteiger partial charge in [-0.2, -0.15) is 0 Å². The molecule has 0 spiro atoms. The normalized spacial score (nSPS) is 19.6. The van der Waals surface area contributed by atoms with Gasteiger partial charge in [-0.15, -0.1) is 0 Å². The first kappa shape index (κ1) is 16.6. The molecule has 4 heteroatoms. The number of hydrogen-bond acceptors (Lipinski definition) is 3. The summed E-state index contributed by atoms with van der Waals surface area (Å²) in [6.45, 7) is 7.10. The average Bonchev–Trinajstić information content (AvgIpc) is 2.69. The number of hydrogen-bond donors (Lipinski definition) is 1. The molecule has 1 aromatic rings. The molecule has 2 rings (SSSR count). The molecule has 1 aliphatic heterocycles. The number of halogens is 1. The summed E-state index contributed by atoms with van der Waals surface area (Å²) in [7, 11) is 1.73. The zero-order chi connectivity index (χ0) is 15.1. The molecule has 1 aromatic carbocycles. The van der Waals surface area contributed by atoms with Crippen LogP contribution in [0.1, 0.15) is 31.7 Å². The maximum Gasteiger partial charge on any atom is 0.0587 e. The van der Waals surface area contributed by atoms with Crippen molar-refractivity contribution in [2.75, 3.05) is 38.3 Å². The van der Waals surface area contributed by atoms with Crippen molar-refractivity contribution in [2.45, 2.75) is 32.7 Å². The Kier molecular flexibility index (Phi) is 6.81. The number of ether oxygens (including phenoxy) is 1. The van der Waals surface area contributed by atoms with Gasteiger partial charge in [0.05, 0.1) is 6.61 Å². The van der Waals surface area contributed by atoms with Crippen molar-refractivity contribution < 1.29 is 4.74 Å². The van der Waals surface area contributed by atoms with Gasteiger partial charge in [-0.05, 0) is 42.9 Å². The fourth-order valence-electron chi connectivity index (χ4n) is 2.88. The van der Waals surface area contributed by atoms with Crippen molar-refractivity contribution in [3.63, 3.8) is 0 Å².